The van der Waals surface area contributed by atoms with Gasteiger partial charge in [0.25, 0.3) is 0 Å². The van der Waals surface area contributed by atoms with E-state index >= 15 is 0 Å². The van der Waals surface area contributed by atoms with Crippen LogP contribution in [0.5, 0.6) is 0 Å². The van der Waals surface area contributed by atoms with Crippen molar-refractivity contribution in [1.82, 2.24) is 9.97 Å². The molecule has 0 aromatic carbocycles. The monoisotopic (exact) mass is 361 g/mol. The van der Waals surface area contributed by atoms with Crippen LogP contribution in [0.25, 0.3) is 0 Å². The summed E-state index contributed by atoms with van der Waals surface area (Å²) in [6, 6.07) is 10.7. The summed E-state index contributed by atoms with van der Waals surface area (Å²) in [5.41, 5.74) is 1.92. The minimum Gasteiger partial charge on any atom is -0.381 e. The number of nitriles is 1. The third kappa shape index (κ3) is 3.24. The van der Waals surface area contributed by atoms with Crippen molar-refractivity contribution in [3.8, 4) is 6.07 Å². The summed E-state index contributed by atoms with van der Waals surface area (Å²) in [6.07, 6.45) is 6.36. The van der Waals surface area contributed by atoms with E-state index in [1.54, 1.807) is 18.3 Å². The maximum atomic E-state index is 9.12. The van der Waals surface area contributed by atoms with Crippen molar-refractivity contribution in [2.45, 2.75) is 37.6 Å². The number of pyridine rings is 2. The van der Waals surface area contributed by atoms with Crippen molar-refractivity contribution in [2.24, 2.45) is 5.92 Å². The van der Waals surface area contributed by atoms with E-state index in [2.05, 4.69) is 33.4 Å². The van der Waals surface area contributed by atoms with Gasteiger partial charge in [-0.05, 0) is 67.3 Å². The third-order valence-electron chi connectivity index (χ3n) is 6.07. The van der Waals surface area contributed by atoms with Gasteiger partial charge in [0.15, 0.2) is 0 Å². The van der Waals surface area contributed by atoms with E-state index in [0.717, 1.165) is 50.2 Å². The number of hydrogen-bond acceptors (Lipinski definition) is 6. The van der Waals surface area contributed by atoms with Crippen molar-refractivity contribution >= 4 is 17.5 Å². The molecule has 5 heterocycles. The van der Waals surface area contributed by atoms with Crippen LogP contribution in [0, 0.1) is 17.2 Å². The first-order valence-corrected chi connectivity index (χ1v) is 9.78. The molecule has 2 bridgehead atoms. The Morgan fingerprint density at radius 3 is 2.74 bits per heavy atom. The summed E-state index contributed by atoms with van der Waals surface area (Å²) in [5.74, 6) is 3.89. The fraction of sp³-hybridized carbons (Fsp3) is 0.476. The van der Waals surface area contributed by atoms with E-state index in [-0.39, 0.29) is 0 Å². The van der Waals surface area contributed by atoms with Crippen molar-refractivity contribution in [3.63, 3.8) is 0 Å². The Morgan fingerprint density at radius 1 is 1.15 bits per heavy atom. The molecule has 0 amide bonds. The van der Waals surface area contributed by atoms with Gasteiger partial charge in [-0.25, -0.2) is 9.97 Å². The average molecular weight is 361 g/mol. The maximum Gasteiger partial charge on any atom is 0.134 e. The summed E-state index contributed by atoms with van der Waals surface area (Å²) in [5, 5.41) is 12.4. The Balaban J connectivity index is 1.48. The van der Waals surface area contributed by atoms with E-state index in [1.165, 1.54) is 18.4 Å². The van der Waals surface area contributed by atoms with Gasteiger partial charge in [-0.2, -0.15) is 5.26 Å². The Kier molecular flexibility index (Phi) is 4.17. The highest BCUT2D eigenvalue weighted by atomic mass is 16.5. The molecule has 3 saturated heterocycles. The molecule has 0 unspecified atom stereocenters. The fourth-order valence-corrected chi connectivity index (χ4v) is 4.53. The third-order valence-corrected chi connectivity index (χ3v) is 6.07. The zero-order valence-corrected chi connectivity index (χ0v) is 15.3. The molecule has 27 heavy (non-hydrogen) atoms. The largest absolute Gasteiger partial charge is 0.381 e. The highest BCUT2D eigenvalue weighted by Crippen LogP contribution is 2.43. The smallest absolute Gasteiger partial charge is 0.134 e. The van der Waals surface area contributed by atoms with Crippen LogP contribution >= 0.6 is 0 Å². The van der Waals surface area contributed by atoms with Gasteiger partial charge in [-0.1, -0.05) is 0 Å². The summed E-state index contributed by atoms with van der Waals surface area (Å²) >= 11 is 0. The minimum absolute atomic E-state index is 0.511. The van der Waals surface area contributed by atoms with Crippen LogP contribution in [0.4, 0.5) is 17.5 Å². The van der Waals surface area contributed by atoms with Gasteiger partial charge >= 0.3 is 0 Å². The Hall–Kier alpha value is -2.65. The van der Waals surface area contributed by atoms with Gasteiger partial charge in [0.1, 0.15) is 17.5 Å². The van der Waals surface area contributed by atoms with Crippen LogP contribution in [0.1, 0.15) is 42.7 Å². The lowest BCUT2D eigenvalue weighted by molar-refractivity contribution is 0.0853. The molecule has 0 spiro atoms. The van der Waals surface area contributed by atoms with Gasteiger partial charge in [-0.3, -0.25) is 0 Å². The summed E-state index contributed by atoms with van der Waals surface area (Å²) in [7, 11) is 0. The molecule has 4 fully saturated rings. The average Bonchev–Trinajstić information content (AvgIpc) is 3.30. The Bertz CT molecular complexity index is 880. The molecule has 4 aliphatic rings. The summed E-state index contributed by atoms with van der Waals surface area (Å²) in [6.45, 7) is 2.77. The standard InChI is InChI=1S/C21H23N5O/c22-12-14-1-4-23-19(9-14)24-20-10-17(16-2-5-27-6-3-16)11-21(25-20)26-13-15-7-18(26)8-15/h1,4,9-11,15-16,18H,2-3,5-8,13H2,(H,23,24,25). The van der Waals surface area contributed by atoms with Crippen molar-refractivity contribution in [2.75, 3.05) is 30.0 Å². The van der Waals surface area contributed by atoms with Gasteiger partial charge < -0.3 is 15.0 Å². The molecule has 6 heteroatoms. The van der Waals surface area contributed by atoms with E-state index in [0.29, 0.717) is 23.3 Å². The van der Waals surface area contributed by atoms with E-state index < -0.39 is 0 Å². The number of ether oxygens (including phenoxy) is 1. The second-order valence-electron chi connectivity index (χ2n) is 7.84. The minimum atomic E-state index is 0.511. The van der Waals surface area contributed by atoms with Crippen LogP contribution in [0.15, 0.2) is 30.5 Å². The lowest BCUT2D eigenvalue weighted by Gasteiger charge is -2.28. The van der Waals surface area contributed by atoms with Crippen molar-refractivity contribution in [3.05, 3.63) is 41.6 Å². The second kappa shape index (κ2) is 6.82. The van der Waals surface area contributed by atoms with E-state index in [4.69, 9.17) is 15.0 Å². The first-order chi connectivity index (χ1) is 13.3. The predicted octanol–water partition coefficient (Wildman–Crippen LogP) is 3.58. The predicted molar refractivity (Wildman–Crippen MR) is 103 cm³/mol. The zero-order chi connectivity index (χ0) is 18.2. The molecule has 2 aromatic rings. The summed E-state index contributed by atoms with van der Waals surface area (Å²) < 4.78 is 5.54. The molecule has 1 aliphatic carbocycles. The second-order valence-corrected chi connectivity index (χ2v) is 7.84. The number of nitrogens with one attached hydrogen (secondary N) is 1. The van der Waals surface area contributed by atoms with Crippen LogP contribution in [-0.4, -0.2) is 35.8 Å². The highest BCUT2D eigenvalue weighted by molar-refractivity contribution is 5.59. The Morgan fingerprint density at radius 2 is 2.00 bits per heavy atom. The van der Waals surface area contributed by atoms with Crippen LogP contribution in [0.3, 0.4) is 0 Å². The van der Waals surface area contributed by atoms with Gasteiger partial charge in [0.2, 0.25) is 0 Å². The lowest BCUT2D eigenvalue weighted by Crippen LogP contribution is -2.29. The SMILES string of the molecule is N#Cc1ccnc(Nc2cc(C3CCOCC3)cc(N3CC4CC3C4)n2)c1. The van der Waals surface area contributed by atoms with E-state index in [9.17, 15) is 0 Å². The maximum absolute atomic E-state index is 9.12. The van der Waals surface area contributed by atoms with Crippen molar-refractivity contribution in [1.29, 1.82) is 5.26 Å². The molecule has 1 N–H and O–H groups in total. The highest BCUT2D eigenvalue weighted by Gasteiger charge is 2.43. The normalized spacial score (nSPS) is 24.3. The molecule has 6 rings (SSSR count). The van der Waals surface area contributed by atoms with E-state index in [1.807, 2.05) is 0 Å². The topological polar surface area (TPSA) is 74.1 Å². The molecule has 3 aliphatic heterocycles. The molecule has 2 aromatic heterocycles. The first-order valence-electron chi connectivity index (χ1n) is 9.78. The van der Waals surface area contributed by atoms with Crippen LogP contribution in [-0.2, 0) is 4.74 Å². The number of rotatable bonds is 4. The fourth-order valence-electron chi connectivity index (χ4n) is 4.53. The number of nitrogens with zero attached hydrogens (tertiary/aromatic N) is 4. The molecule has 0 atom stereocenters. The number of hydrogen-bond donors (Lipinski definition) is 1. The molecule has 138 valence electrons. The van der Waals surface area contributed by atoms with Gasteiger partial charge in [-0.15, -0.1) is 0 Å². The first kappa shape index (κ1) is 16.5. The van der Waals surface area contributed by atoms with Crippen molar-refractivity contribution < 1.29 is 4.74 Å². The zero-order valence-electron chi connectivity index (χ0n) is 15.3. The van der Waals surface area contributed by atoms with Crippen LogP contribution < -0.4 is 10.2 Å². The van der Waals surface area contributed by atoms with Crippen LogP contribution in [0.2, 0.25) is 0 Å². The molecule has 1 saturated carbocycles. The lowest BCUT2D eigenvalue weighted by atomic mass is 9.86. The molecule has 0 radical (unpaired) electrons. The molecule has 6 nitrogen and oxygen atoms in total. The van der Waals surface area contributed by atoms with Gasteiger partial charge in [0.05, 0.1) is 11.6 Å². The number of fused-ring (bicyclic) bond motifs is 1. The quantitative estimate of drug-likeness (QED) is 0.897. The molecular weight excluding hydrogens is 338 g/mol. The Labute approximate surface area is 159 Å². The number of aromatic nitrogens is 2. The number of anilines is 3. The summed E-state index contributed by atoms with van der Waals surface area (Å²) in [4.78, 5) is 11.7. The van der Waals surface area contributed by atoms with Gasteiger partial charge in [0, 0.05) is 32.0 Å². The molecular formula is C21H23N5O.